The molecule has 0 heterocycles. The Bertz CT molecular complexity index is 429. The van der Waals surface area contributed by atoms with Crippen molar-refractivity contribution in [3.8, 4) is 17.6 Å². The summed E-state index contributed by atoms with van der Waals surface area (Å²) < 4.78 is 5.04. The molecule has 0 atom stereocenters. The van der Waals surface area contributed by atoms with Crippen LogP contribution in [0.5, 0.6) is 5.75 Å². The third-order valence-corrected chi connectivity index (χ3v) is 2.26. The maximum Gasteiger partial charge on any atom is 0.238 e. The van der Waals surface area contributed by atoms with Crippen LogP contribution in [-0.2, 0) is 4.79 Å². The van der Waals surface area contributed by atoms with Crippen molar-refractivity contribution in [3.05, 3.63) is 24.3 Å². The van der Waals surface area contributed by atoms with Crippen molar-refractivity contribution in [2.45, 2.75) is 13.3 Å². The molecule has 1 aromatic carbocycles. The van der Waals surface area contributed by atoms with Crippen LogP contribution >= 0.6 is 0 Å². The molecule has 0 aliphatic rings. The molecule has 0 radical (unpaired) electrons. The van der Waals surface area contributed by atoms with Crippen LogP contribution in [0.4, 0.5) is 5.69 Å². The van der Waals surface area contributed by atoms with Gasteiger partial charge in [0.15, 0.2) is 0 Å². The lowest BCUT2D eigenvalue weighted by Gasteiger charge is -2.06. The smallest absolute Gasteiger partial charge is 0.238 e. The molecule has 0 aliphatic carbocycles. The largest absolute Gasteiger partial charge is 0.497 e. The molecule has 0 aromatic heterocycles. The topological polar surface area (TPSA) is 50.4 Å². The molecular formula is C14H18N2O2. The summed E-state index contributed by atoms with van der Waals surface area (Å²) in [5, 5.41) is 5.81. The predicted octanol–water partition coefficient (Wildman–Crippen LogP) is 1.64. The first-order valence-electron chi connectivity index (χ1n) is 5.80. The number of nitrogens with one attached hydrogen (secondary N) is 2. The molecule has 0 spiro atoms. The Hall–Kier alpha value is -1.99. The fourth-order valence-corrected chi connectivity index (χ4v) is 1.36. The van der Waals surface area contributed by atoms with Crippen LogP contribution in [0.3, 0.4) is 0 Å². The highest BCUT2D eigenvalue weighted by atomic mass is 16.5. The molecule has 1 amide bonds. The van der Waals surface area contributed by atoms with Crippen molar-refractivity contribution in [1.29, 1.82) is 0 Å². The Balaban J connectivity index is 2.27. The van der Waals surface area contributed by atoms with Crippen molar-refractivity contribution in [3.63, 3.8) is 0 Å². The highest BCUT2D eigenvalue weighted by molar-refractivity contribution is 5.92. The van der Waals surface area contributed by atoms with E-state index in [1.165, 1.54) is 0 Å². The average molecular weight is 246 g/mol. The zero-order chi connectivity index (χ0) is 13.2. The van der Waals surface area contributed by atoms with E-state index in [-0.39, 0.29) is 12.5 Å². The molecule has 0 saturated heterocycles. The minimum atomic E-state index is -0.0652. The quantitative estimate of drug-likeness (QED) is 0.592. The second kappa shape index (κ2) is 8.15. The second-order valence-electron chi connectivity index (χ2n) is 3.63. The predicted molar refractivity (Wildman–Crippen MR) is 72.6 cm³/mol. The van der Waals surface area contributed by atoms with Crippen LogP contribution in [0.25, 0.3) is 0 Å². The van der Waals surface area contributed by atoms with Gasteiger partial charge in [-0.1, -0.05) is 0 Å². The van der Waals surface area contributed by atoms with Crippen molar-refractivity contribution in [2.75, 3.05) is 25.5 Å². The van der Waals surface area contributed by atoms with E-state index in [4.69, 9.17) is 4.74 Å². The number of carbonyl (C=O) groups excluding carboxylic acids is 1. The van der Waals surface area contributed by atoms with Gasteiger partial charge in [0.1, 0.15) is 5.75 Å². The first-order chi connectivity index (χ1) is 8.76. The molecular weight excluding hydrogens is 228 g/mol. The lowest BCUT2D eigenvalue weighted by Crippen LogP contribution is -2.28. The van der Waals surface area contributed by atoms with Crippen LogP contribution in [0.1, 0.15) is 13.3 Å². The maximum atomic E-state index is 11.6. The zero-order valence-corrected chi connectivity index (χ0v) is 10.7. The number of rotatable bonds is 6. The number of methoxy groups -OCH3 is 1. The van der Waals surface area contributed by atoms with Gasteiger partial charge in [-0.05, 0) is 31.2 Å². The van der Waals surface area contributed by atoms with Gasteiger partial charge in [0, 0.05) is 18.7 Å². The molecule has 0 bridgehead atoms. The number of anilines is 1. The van der Waals surface area contributed by atoms with E-state index in [9.17, 15) is 4.79 Å². The molecule has 0 fully saturated rings. The SMILES string of the molecule is CC#CCCNCC(=O)Nc1ccc(OC)cc1. The first-order valence-corrected chi connectivity index (χ1v) is 5.80. The molecule has 0 unspecified atom stereocenters. The van der Waals surface area contributed by atoms with E-state index in [0.717, 1.165) is 24.4 Å². The second-order valence-corrected chi connectivity index (χ2v) is 3.63. The van der Waals surface area contributed by atoms with E-state index in [1.807, 2.05) is 0 Å². The molecule has 4 nitrogen and oxygen atoms in total. The van der Waals surface area contributed by atoms with Crippen molar-refractivity contribution >= 4 is 11.6 Å². The van der Waals surface area contributed by atoms with Crippen LogP contribution in [0, 0.1) is 11.8 Å². The molecule has 1 aromatic rings. The van der Waals surface area contributed by atoms with Gasteiger partial charge in [0.05, 0.1) is 13.7 Å². The Morgan fingerprint density at radius 2 is 2.06 bits per heavy atom. The number of ether oxygens (including phenoxy) is 1. The molecule has 1 rings (SSSR count). The summed E-state index contributed by atoms with van der Waals surface area (Å²) in [6.45, 7) is 2.81. The molecule has 18 heavy (non-hydrogen) atoms. The average Bonchev–Trinajstić information content (AvgIpc) is 2.39. The molecule has 0 saturated carbocycles. The molecule has 96 valence electrons. The number of benzene rings is 1. The third-order valence-electron chi connectivity index (χ3n) is 2.26. The number of hydrogen-bond donors (Lipinski definition) is 2. The summed E-state index contributed by atoms with van der Waals surface area (Å²) in [4.78, 5) is 11.6. The van der Waals surface area contributed by atoms with Gasteiger partial charge in [0.25, 0.3) is 0 Å². The Kier molecular flexibility index (Phi) is 6.37. The van der Waals surface area contributed by atoms with Crippen molar-refractivity contribution < 1.29 is 9.53 Å². The summed E-state index contributed by atoms with van der Waals surface area (Å²) >= 11 is 0. The Labute approximate surface area is 108 Å². The van der Waals surface area contributed by atoms with Crippen LogP contribution in [0.2, 0.25) is 0 Å². The summed E-state index contributed by atoms with van der Waals surface area (Å²) in [5.41, 5.74) is 0.760. The van der Waals surface area contributed by atoms with Crippen molar-refractivity contribution in [1.82, 2.24) is 5.32 Å². The maximum absolute atomic E-state index is 11.6. The minimum absolute atomic E-state index is 0.0652. The first kappa shape index (κ1) is 14.1. The van der Waals surface area contributed by atoms with Gasteiger partial charge in [-0.25, -0.2) is 0 Å². The molecule has 4 heteroatoms. The molecule has 0 aliphatic heterocycles. The third kappa shape index (κ3) is 5.37. The van der Waals surface area contributed by atoms with Crippen LogP contribution in [0.15, 0.2) is 24.3 Å². The van der Waals surface area contributed by atoms with E-state index < -0.39 is 0 Å². The Morgan fingerprint density at radius 1 is 1.33 bits per heavy atom. The number of amides is 1. The molecule has 2 N–H and O–H groups in total. The Morgan fingerprint density at radius 3 is 2.67 bits per heavy atom. The van der Waals surface area contributed by atoms with E-state index in [1.54, 1.807) is 38.3 Å². The van der Waals surface area contributed by atoms with Crippen LogP contribution in [-0.4, -0.2) is 26.1 Å². The van der Waals surface area contributed by atoms with Crippen LogP contribution < -0.4 is 15.4 Å². The fraction of sp³-hybridized carbons (Fsp3) is 0.357. The highest BCUT2D eigenvalue weighted by Gasteiger charge is 2.01. The normalized spacial score (nSPS) is 9.22. The summed E-state index contributed by atoms with van der Waals surface area (Å²) in [5.74, 6) is 6.43. The van der Waals surface area contributed by atoms with Gasteiger partial charge in [-0.15, -0.1) is 11.8 Å². The number of carbonyl (C=O) groups is 1. The minimum Gasteiger partial charge on any atom is -0.497 e. The van der Waals surface area contributed by atoms with Gasteiger partial charge in [0.2, 0.25) is 5.91 Å². The van der Waals surface area contributed by atoms with Gasteiger partial charge in [-0.3, -0.25) is 4.79 Å². The fourth-order valence-electron chi connectivity index (χ4n) is 1.36. The number of hydrogen-bond acceptors (Lipinski definition) is 3. The standard InChI is InChI=1S/C14H18N2O2/c1-3-4-5-10-15-11-14(17)16-12-6-8-13(18-2)9-7-12/h6-9,15H,5,10-11H2,1-2H3,(H,16,17). The summed E-state index contributed by atoms with van der Waals surface area (Å²) in [7, 11) is 1.61. The lowest BCUT2D eigenvalue weighted by atomic mass is 10.3. The summed E-state index contributed by atoms with van der Waals surface area (Å²) in [6.07, 6.45) is 0.756. The zero-order valence-electron chi connectivity index (χ0n) is 10.7. The monoisotopic (exact) mass is 246 g/mol. The van der Waals surface area contributed by atoms with E-state index in [0.29, 0.717) is 0 Å². The van der Waals surface area contributed by atoms with Gasteiger partial charge >= 0.3 is 0 Å². The van der Waals surface area contributed by atoms with E-state index in [2.05, 4.69) is 22.5 Å². The van der Waals surface area contributed by atoms with E-state index >= 15 is 0 Å². The van der Waals surface area contributed by atoms with Gasteiger partial charge < -0.3 is 15.4 Å². The highest BCUT2D eigenvalue weighted by Crippen LogP contribution is 2.14. The summed E-state index contributed by atoms with van der Waals surface area (Å²) in [6, 6.07) is 7.22. The lowest BCUT2D eigenvalue weighted by molar-refractivity contribution is -0.115. The van der Waals surface area contributed by atoms with Gasteiger partial charge in [-0.2, -0.15) is 0 Å². The van der Waals surface area contributed by atoms with Crippen molar-refractivity contribution in [2.24, 2.45) is 0 Å².